The first-order valence-corrected chi connectivity index (χ1v) is 7.35. The van der Waals surface area contributed by atoms with Crippen LogP contribution in [0.15, 0.2) is 23.3 Å². The van der Waals surface area contributed by atoms with Gasteiger partial charge in [-0.15, -0.1) is 6.42 Å². The Balaban J connectivity index is 1.83. The van der Waals surface area contributed by atoms with Crippen molar-refractivity contribution in [2.75, 3.05) is 19.7 Å². The number of aliphatic imine (C=N–C) groups is 1. The standard InChI is InChI=1S/C16H22N4O/c1-3-9-18-16(17-4-2)20-11-14-7-8-15(19-10-14)21-12-13-5-6-13/h1,7-8,10,13H,4-6,9,11-12H2,2H3,(H2,17,18,20). The Kier molecular flexibility index (Phi) is 5.89. The van der Waals surface area contributed by atoms with E-state index in [9.17, 15) is 0 Å². The van der Waals surface area contributed by atoms with Crippen LogP contribution >= 0.6 is 0 Å². The first kappa shape index (κ1) is 15.2. The van der Waals surface area contributed by atoms with Crippen molar-refractivity contribution >= 4 is 5.96 Å². The summed E-state index contributed by atoms with van der Waals surface area (Å²) in [5, 5.41) is 6.19. The van der Waals surface area contributed by atoms with Crippen molar-refractivity contribution in [2.45, 2.75) is 26.3 Å². The Labute approximate surface area is 126 Å². The quantitative estimate of drug-likeness (QED) is 0.454. The predicted molar refractivity (Wildman–Crippen MR) is 84.1 cm³/mol. The molecule has 0 atom stereocenters. The van der Waals surface area contributed by atoms with Crippen LogP contribution in [0.5, 0.6) is 5.88 Å². The topological polar surface area (TPSA) is 58.5 Å². The van der Waals surface area contributed by atoms with E-state index in [1.54, 1.807) is 6.20 Å². The van der Waals surface area contributed by atoms with Gasteiger partial charge in [0, 0.05) is 18.8 Å². The van der Waals surface area contributed by atoms with Gasteiger partial charge in [0.1, 0.15) is 0 Å². The Morgan fingerprint density at radius 1 is 1.48 bits per heavy atom. The van der Waals surface area contributed by atoms with E-state index in [4.69, 9.17) is 11.2 Å². The number of hydrogen-bond donors (Lipinski definition) is 2. The maximum absolute atomic E-state index is 5.61. The van der Waals surface area contributed by atoms with E-state index in [1.165, 1.54) is 12.8 Å². The van der Waals surface area contributed by atoms with E-state index in [2.05, 4.69) is 26.5 Å². The molecule has 0 radical (unpaired) electrons. The van der Waals surface area contributed by atoms with E-state index in [0.717, 1.165) is 24.6 Å². The molecule has 2 N–H and O–H groups in total. The molecule has 1 aliphatic carbocycles. The summed E-state index contributed by atoms with van der Waals surface area (Å²) >= 11 is 0. The van der Waals surface area contributed by atoms with Crippen LogP contribution in [0.2, 0.25) is 0 Å². The molecule has 0 aromatic carbocycles. The maximum Gasteiger partial charge on any atom is 0.213 e. The van der Waals surface area contributed by atoms with Crippen LogP contribution in [0, 0.1) is 18.3 Å². The molecule has 1 fully saturated rings. The van der Waals surface area contributed by atoms with Crippen molar-refractivity contribution < 1.29 is 4.74 Å². The normalized spacial score (nSPS) is 14.4. The van der Waals surface area contributed by atoms with Gasteiger partial charge >= 0.3 is 0 Å². The van der Waals surface area contributed by atoms with E-state index >= 15 is 0 Å². The molecule has 0 aliphatic heterocycles. The van der Waals surface area contributed by atoms with Gasteiger partial charge in [-0.25, -0.2) is 9.98 Å². The number of rotatable bonds is 7. The van der Waals surface area contributed by atoms with E-state index in [-0.39, 0.29) is 0 Å². The van der Waals surface area contributed by atoms with Crippen molar-refractivity contribution in [3.8, 4) is 18.2 Å². The molecule has 0 unspecified atom stereocenters. The molecule has 2 rings (SSSR count). The zero-order valence-electron chi connectivity index (χ0n) is 12.4. The minimum absolute atomic E-state index is 0.456. The third kappa shape index (κ3) is 5.74. The number of nitrogens with zero attached hydrogens (tertiary/aromatic N) is 2. The van der Waals surface area contributed by atoms with E-state index in [1.807, 2.05) is 19.1 Å². The lowest BCUT2D eigenvalue weighted by atomic mass is 10.3. The summed E-state index contributed by atoms with van der Waals surface area (Å²) in [4.78, 5) is 8.75. The van der Waals surface area contributed by atoms with Gasteiger partial charge in [0.05, 0.1) is 19.7 Å². The molecule has 1 aromatic rings. The van der Waals surface area contributed by atoms with Gasteiger partial charge in [-0.2, -0.15) is 0 Å². The second kappa shape index (κ2) is 8.15. The Morgan fingerprint density at radius 3 is 2.95 bits per heavy atom. The SMILES string of the molecule is C#CCNC(=NCc1ccc(OCC2CC2)nc1)NCC. The largest absolute Gasteiger partial charge is 0.477 e. The van der Waals surface area contributed by atoms with E-state index < -0.39 is 0 Å². The number of nitrogens with one attached hydrogen (secondary N) is 2. The first-order valence-electron chi connectivity index (χ1n) is 7.35. The second-order valence-electron chi connectivity index (χ2n) is 5.01. The minimum Gasteiger partial charge on any atom is -0.477 e. The third-order valence-electron chi connectivity index (χ3n) is 3.08. The zero-order valence-corrected chi connectivity index (χ0v) is 12.4. The Morgan fingerprint density at radius 2 is 2.33 bits per heavy atom. The average Bonchev–Trinajstić information content (AvgIpc) is 3.33. The van der Waals surface area contributed by atoms with Crippen LogP contribution < -0.4 is 15.4 Å². The summed E-state index contributed by atoms with van der Waals surface area (Å²) in [6.07, 6.45) is 9.60. The highest BCUT2D eigenvalue weighted by Crippen LogP contribution is 2.29. The fourth-order valence-corrected chi connectivity index (χ4v) is 1.72. The Hall–Kier alpha value is -2.22. The Bertz CT molecular complexity index is 500. The monoisotopic (exact) mass is 286 g/mol. The summed E-state index contributed by atoms with van der Waals surface area (Å²) in [6, 6.07) is 3.89. The first-order chi connectivity index (χ1) is 10.3. The molecule has 1 aromatic heterocycles. The molecule has 5 heteroatoms. The molecular formula is C16H22N4O. The van der Waals surface area contributed by atoms with Crippen LogP contribution in [0.4, 0.5) is 0 Å². The lowest BCUT2D eigenvalue weighted by molar-refractivity contribution is 0.288. The highest BCUT2D eigenvalue weighted by Gasteiger charge is 2.21. The van der Waals surface area contributed by atoms with Gasteiger partial charge in [-0.3, -0.25) is 0 Å². The molecule has 5 nitrogen and oxygen atoms in total. The van der Waals surface area contributed by atoms with Crippen molar-refractivity contribution in [3.05, 3.63) is 23.9 Å². The lowest BCUT2D eigenvalue weighted by Crippen LogP contribution is -2.37. The van der Waals surface area contributed by atoms with Crippen LogP contribution in [0.1, 0.15) is 25.3 Å². The minimum atomic E-state index is 0.456. The molecule has 1 saturated carbocycles. The summed E-state index contributed by atoms with van der Waals surface area (Å²) in [6.45, 7) is 4.60. The van der Waals surface area contributed by atoms with Gasteiger partial charge in [0.25, 0.3) is 0 Å². The number of pyridine rings is 1. The number of aromatic nitrogens is 1. The molecule has 112 valence electrons. The highest BCUT2D eigenvalue weighted by molar-refractivity contribution is 5.79. The van der Waals surface area contributed by atoms with Gasteiger partial charge < -0.3 is 15.4 Å². The molecule has 1 aliphatic rings. The van der Waals surface area contributed by atoms with Crippen molar-refractivity contribution in [1.29, 1.82) is 0 Å². The third-order valence-corrected chi connectivity index (χ3v) is 3.08. The summed E-state index contributed by atoms with van der Waals surface area (Å²) < 4.78 is 5.61. The van der Waals surface area contributed by atoms with Gasteiger partial charge in [-0.05, 0) is 31.2 Å². The second-order valence-corrected chi connectivity index (χ2v) is 5.01. The van der Waals surface area contributed by atoms with Crippen LogP contribution in [-0.2, 0) is 6.54 Å². The fourth-order valence-electron chi connectivity index (χ4n) is 1.72. The molecule has 0 bridgehead atoms. The lowest BCUT2D eigenvalue weighted by Gasteiger charge is -2.09. The number of ether oxygens (including phenoxy) is 1. The van der Waals surface area contributed by atoms with Crippen LogP contribution in [0.25, 0.3) is 0 Å². The summed E-state index contributed by atoms with van der Waals surface area (Å²) in [5.41, 5.74) is 1.03. The molecule has 0 saturated heterocycles. The van der Waals surface area contributed by atoms with E-state index in [0.29, 0.717) is 24.9 Å². The average molecular weight is 286 g/mol. The molecule has 21 heavy (non-hydrogen) atoms. The van der Waals surface area contributed by atoms with Gasteiger partial charge in [-0.1, -0.05) is 12.0 Å². The van der Waals surface area contributed by atoms with Gasteiger partial charge in [0.15, 0.2) is 5.96 Å². The van der Waals surface area contributed by atoms with Crippen molar-refractivity contribution in [1.82, 2.24) is 15.6 Å². The molecule has 0 amide bonds. The molecule has 1 heterocycles. The number of guanidine groups is 1. The number of hydrogen-bond acceptors (Lipinski definition) is 3. The number of terminal acetylenes is 1. The smallest absolute Gasteiger partial charge is 0.213 e. The molecule has 0 spiro atoms. The van der Waals surface area contributed by atoms with Crippen LogP contribution in [-0.4, -0.2) is 30.6 Å². The van der Waals surface area contributed by atoms with Crippen molar-refractivity contribution in [2.24, 2.45) is 10.9 Å². The van der Waals surface area contributed by atoms with Gasteiger partial charge in [0.2, 0.25) is 5.88 Å². The highest BCUT2D eigenvalue weighted by atomic mass is 16.5. The maximum atomic E-state index is 5.61. The summed E-state index contributed by atoms with van der Waals surface area (Å²) in [5.74, 6) is 4.67. The fraction of sp³-hybridized carbons (Fsp3) is 0.500. The summed E-state index contributed by atoms with van der Waals surface area (Å²) in [7, 11) is 0. The van der Waals surface area contributed by atoms with Crippen molar-refractivity contribution in [3.63, 3.8) is 0 Å². The predicted octanol–water partition coefficient (Wildman–Crippen LogP) is 1.56. The molecular weight excluding hydrogens is 264 g/mol. The van der Waals surface area contributed by atoms with Crippen LogP contribution in [0.3, 0.4) is 0 Å². The zero-order chi connectivity index (χ0) is 14.9.